The van der Waals surface area contributed by atoms with E-state index in [1.807, 2.05) is 0 Å². The van der Waals surface area contributed by atoms with Gasteiger partial charge in [0.25, 0.3) is 0 Å². The zero-order valence-electron chi connectivity index (χ0n) is 12.0. The third-order valence-corrected chi connectivity index (χ3v) is 3.75. The van der Waals surface area contributed by atoms with E-state index in [-0.39, 0.29) is 11.6 Å². The van der Waals surface area contributed by atoms with Crippen molar-refractivity contribution in [1.29, 1.82) is 0 Å². The Labute approximate surface area is 120 Å². The van der Waals surface area contributed by atoms with Gasteiger partial charge in [-0.05, 0) is 31.0 Å². The fourth-order valence-electron chi connectivity index (χ4n) is 2.74. The number of anilines is 2. The molecule has 0 atom stereocenters. The molecule has 1 aliphatic carbocycles. The number of amides is 1. The lowest BCUT2D eigenvalue weighted by Gasteiger charge is -2.22. The summed E-state index contributed by atoms with van der Waals surface area (Å²) in [7, 11) is 0. The van der Waals surface area contributed by atoms with Crippen LogP contribution in [0.3, 0.4) is 0 Å². The summed E-state index contributed by atoms with van der Waals surface area (Å²) >= 11 is 0. The van der Waals surface area contributed by atoms with E-state index >= 15 is 0 Å². The molecule has 2 N–H and O–H groups in total. The van der Waals surface area contributed by atoms with Gasteiger partial charge in [0.2, 0.25) is 5.91 Å². The highest BCUT2D eigenvalue weighted by Gasteiger charge is 2.12. The van der Waals surface area contributed by atoms with Gasteiger partial charge in [0.1, 0.15) is 5.82 Å². The van der Waals surface area contributed by atoms with Crippen LogP contribution in [-0.2, 0) is 4.79 Å². The normalized spacial score (nSPS) is 17.1. The van der Waals surface area contributed by atoms with Gasteiger partial charge < -0.3 is 10.6 Å². The Morgan fingerprint density at radius 2 is 1.80 bits per heavy atom. The molecular formula is C16H23FN2O. The lowest BCUT2D eigenvalue weighted by atomic mass is 9.96. The van der Waals surface area contributed by atoms with Crippen molar-refractivity contribution in [2.75, 3.05) is 10.6 Å². The van der Waals surface area contributed by atoms with Gasteiger partial charge in [-0.25, -0.2) is 4.39 Å². The van der Waals surface area contributed by atoms with Crippen molar-refractivity contribution >= 4 is 17.3 Å². The summed E-state index contributed by atoms with van der Waals surface area (Å²) in [4.78, 5) is 11.1. The Morgan fingerprint density at radius 3 is 2.45 bits per heavy atom. The van der Waals surface area contributed by atoms with E-state index < -0.39 is 5.82 Å². The molecule has 1 amide bonds. The molecule has 0 spiro atoms. The van der Waals surface area contributed by atoms with Gasteiger partial charge in [0, 0.05) is 18.7 Å². The summed E-state index contributed by atoms with van der Waals surface area (Å²) in [5.74, 6) is -0.657. The zero-order chi connectivity index (χ0) is 14.4. The Bertz CT molecular complexity index is 454. The minimum Gasteiger partial charge on any atom is -0.382 e. The largest absolute Gasteiger partial charge is 0.382 e. The highest BCUT2D eigenvalue weighted by molar-refractivity contribution is 5.89. The first-order chi connectivity index (χ1) is 9.65. The predicted molar refractivity (Wildman–Crippen MR) is 80.4 cm³/mol. The molecule has 0 radical (unpaired) electrons. The molecule has 0 saturated heterocycles. The third kappa shape index (κ3) is 4.51. The van der Waals surface area contributed by atoms with E-state index in [0.29, 0.717) is 6.04 Å². The van der Waals surface area contributed by atoms with Crippen LogP contribution in [0.15, 0.2) is 18.2 Å². The maximum Gasteiger partial charge on any atom is 0.221 e. The first-order valence-corrected chi connectivity index (χ1v) is 7.49. The van der Waals surface area contributed by atoms with Crippen LogP contribution in [0.4, 0.5) is 15.8 Å². The first-order valence-electron chi connectivity index (χ1n) is 7.49. The lowest BCUT2D eigenvalue weighted by Crippen LogP contribution is -2.20. The molecule has 1 fully saturated rings. The standard InChI is InChI=1S/C16H23FN2O/c1-12(20)18-16-11-14(9-10-15(16)17)19-13-7-5-3-2-4-6-8-13/h9-11,13,19H,2-8H2,1H3,(H,18,20). The van der Waals surface area contributed by atoms with Gasteiger partial charge in [-0.15, -0.1) is 0 Å². The van der Waals surface area contributed by atoms with Crippen molar-refractivity contribution in [3.05, 3.63) is 24.0 Å². The van der Waals surface area contributed by atoms with Crippen LogP contribution in [0.25, 0.3) is 0 Å². The maximum atomic E-state index is 13.6. The highest BCUT2D eigenvalue weighted by Crippen LogP contribution is 2.24. The maximum absolute atomic E-state index is 13.6. The third-order valence-electron chi connectivity index (χ3n) is 3.75. The fraction of sp³-hybridized carbons (Fsp3) is 0.562. The molecule has 3 nitrogen and oxygen atoms in total. The van der Waals surface area contributed by atoms with Crippen molar-refractivity contribution in [2.45, 2.75) is 57.9 Å². The molecule has 110 valence electrons. The summed E-state index contributed by atoms with van der Waals surface area (Å²) in [6.45, 7) is 1.38. The number of halogens is 1. The second kappa shape index (κ2) is 7.27. The molecule has 20 heavy (non-hydrogen) atoms. The summed E-state index contributed by atoms with van der Waals surface area (Å²) < 4.78 is 13.6. The monoisotopic (exact) mass is 278 g/mol. The van der Waals surface area contributed by atoms with Crippen LogP contribution >= 0.6 is 0 Å². The lowest BCUT2D eigenvalue weighted by molar-refractivity contribution is -0.114. The van der Waals surface area contributed by atoms with Crippen LogP contribution in [0, 0.1) is 5.82 Å². The molecule has 1 aromatic carbocycles. The Morgan fingerprint density at radius 1 is 1.15 bits per heavy atom. The molecule has 2 rings (SSSR count). The number of carbonyl (C=O) groups is 1. The Kier molecular flexibility index (Phi) is 5.39. The van der Waals surface area contributed by atoms with E-state index in [9.17, 15) is 9.18 Å². The van der Waals surface area contributed by atoms with E-state index in [4.69, 9.17) is 0 Å². The van der Waals surface area contributed by atoms with E-state index in [2.05, 4.69) is 10.6 Å². The first kappa shape index (κ1) is 14.8. The van der Waals surface area contributed by atoms with Gasteiger partial charge in [-0.2, -0.15) is 0 Å². The second-order valence-electron chi connectivity index (χ2n) is 5.56. The molecule has 1 aromatic rings. The molecule has 4 heteroatoms. The SMILES string of the molecule is CC(=O)Nc1cc(NC2CCCCCCC2)ccc1F. The van der Waals surface area contributed by atoms with E-state index in [1.54, 1.807) is 12.1 Å². The van der Waals surface area contributed by atoms with Gasteiger partial charge in [-0.3, -0.25) is 4.79 Å². The Hall–Kier alpha value is -1.58. The minimum atomic E-state index is -0.400. The van der Waals surface area contributed by atoms with Gasteiger partial charge in [-0.1, -0.05) is 32.1 Å². The molecular weight excluding hydrogens is 255 g/mol. The molecule has 1 aliphatic rings. The molecule has 0 bridgehead atoms. The van der Waals surface area contributed by atoms with Gasteiger partial charge in [0.05, 0.1) is 5.69 Å². The average Bonchev–Trinajstić information content (AvgIpc) is 2.36. The number of nitrogens with one attached hydrogen (secondary N) is 2. The van der Waals surface area contributed by atoms with Crippen molar-refractivity contribution in [2.24, 2.45) is 0 Å². The molecule has 0 unspecified atom stereocenters. The summed E-state index contributed by atoms with van der Waals surface area (Å²) in [5.41, 5.74) is 1.12. The summed E-state index contributed by atoms with van der Waals surface area (Å²) in [6, 6.07) is 5.26. The highest BCUT2D eigenvalue weighted by atomic mass is 19.1. The van der Waals surface area contributed by atoms with Gasteiger partial charge >= 0.3 is 0 Å². The number of carbonyl (C=O) groups excluding carboxylic acids is 1. The second-order valence-corrected chi connectivity index (χ2v) is 5.56. The van der Waals surface area contributed by atoms with Crippen LogP contribution in [0.5, 0.6) is 0 Å². The van der Waals surface area contributed by atoms with Crippen LogP contribution in [0.1, 0.15) is 51.9 Å². The average molecular weight is 278 g/mol. The Balaban J connectivity index is 2.02. The van der Waals surface area contributed by atoms with Crippen molar-refractivity contribution in [3.63, 3.8) is 0 Å². The number of hydrogen-bond acceptors (Lipinski definition) is 2. The zero-order valence-corrected chi connectivity index (χ0v) is 12.0. The van der Waals surface area contributed by atoms with Crippen molar-refractivity contribution < 1.29 is 9.18 Å². The molecule has 0 aliphatic heterocycles. The predicted octanol–water partition coefficient (Wildman–Crippen LogP) is 4.31. The van der Waals surface area contributed by atoms with E-state index in [1.165, 1.54) is 45.1 Å². The van der Waals surface area contributed by atoms with Crippen LogP contribution in [-0.4, -0.2) is 11.9 Å². The smallest absolute Gasteiger partial charge is 0.221 e. The molecule has 0 aromatic heterocycles. The van der Waals surface area contributed by atoms with E-state index in [0.717, 1.165) is 18.5 Å². The quantitative estimate of drug-likeness (QED) is 0.865. The number of hydrogen-bond donors (Lipinski definition) is 2. The molecule has 0 heterocycles. The topological polar surface area (TPSA) is 41.1 Å². The number of benzene rings is 1. The molecule has 1 saturated carbocycles. The summed E-state index contributed by atoms with van der Waals surface area (Å²) in [5, 5.41) is 5.99. The number of rotatable bonds is 3. The fourth-order valence-corrected chi connectivity index (χ4v) is 2.74. The van der Waals surface area contributed by atoms with Crippen LogP contribution < -0.4 is 10.6 Å². The summed E-state index contributed by atoms with van der Waals surface area (Å²) in [6.07, 6.45) is 8.77. The minimum absolute atomic E-state index is 0.244. The van der Waals surface area contributed by atoms with Crippen molar-refractivity contribution in [3.8, 4) is 0 Å². The van der Waals surface area contributed by atoms with Gasteiger partial charge in [0.15, 0.2) is 0 Å². The van der Waals surface area contributed by atoms with Crippen LogP contribution in [0.2, 0.25) is 0 Å². The van der Waals surface area contributed by atoms with Crippen molar-refractivity contribution in [1.82, 2.24) is 0 Å².